The highest BCUT2D eigenvalue weighted by Gasteiger charge is 2.56. The van der Waals surface area contributed by atoms with Gasteiger partial charge in [-0.15, -0.1) is 0 Å². The van der Waals surface area contributed by atoms with Gasteiger partial charge in [-0.2, -0.15) is 0 Å². The molecule has 0 spiro atoms. The highest BCUT2D eigenvalue weighted by molar-refractivity contribution is 5.07. The van der Waals surface area contributed by atoms with Crippen LogP contribution < -0.4 is 0 Å². The zero-order valence-corrected chi connectivity index (χ0v) is 9.26. The Kier molecular flexibility index (Phi) is 1.81. The van der Waals surface area contributed by atoms with Gasteiger partial charge in [0, 0.05) is 0 Å². The van der Waals surface area contributed by atoms with Crippen molar-refractivity contribution in [1.29, 1.82) is 0 Å². The SMILES string of the molecule is CCCC12C[C@H]3C[C@@H](CC(O)(C3)C1)C2. The normalized spacial score (nSPS) is 55.3. The van der Waals surface area contributed by atoms with E-state index >= 15 is 0 Å². The van der Waals surface area contributed by atoms with Crippen molar-refractivity contribution in [3.63, 3.8) is 0 Å². The van der Waals surface area contributed by atoms with E-state index in [0.29, 0.717) is 5.41 Å². The summed E-state index contributed by atoms with van der Waals surface area (Å²) >= 11 is 0. The maximum absolute atomic E-state index is 10.5. The van der Waals surface area contributed by atoms with Crippen LogP contribution in [0.4, 0.5) is 0 Å². The van der Waals surface area contributed by atoms with Crippen molar-refractivity contribution in [2.75, 3.05) is 0 Å². The smallest absolute Gasteiger partial charge is 0.0658 e. The van der Waals surface area contributed by atoms with Crippen LogP contribution in [0.5, 0.6) is 0 Å². The van der Waals surface area contributed by atoms with Crippen LogP contribution in [-0.2, 0) is 0 Å². The average molecular weight is 194 g/mol. The molecule has 4 aliphatic rings. The topological polar surface area (TPSA) is 20.2 Å². The second-order valence-electron chi connectivity index (χ2n) is 6.44. The Bertz CT molecular complexity index is 232. The maximum Gasteiger partial charge on any atom is 0.0658 e. The van der Waals surface area contributed by atoms with Crippen LogP contribution in [0.1, 0.15) is 58.3 Å². The molecule has 80 valence electrons. The Morgan fingerprint density at radius 1 is 1.14 bits per heavy atom. The largest absolute Gasteiger partial charge is 0.390 e. The van der Waals surface area contributed by atoms with E-state index in [0.717, 1.165) is 31.1 Å². The molecule has 0 radical (unpaired) electrons. The van der Waals surface area contributed by atoms with Gasteiger partial charge in [0.05, 0.1) is 5.60 Å². The van der Waals surface area contributed by atoms with E-state index < -0.39 is 0 Å². The van der Waals surface area contributed by atoms with Gasteiger partial charge in [-0.05, 0) is 62.2 Å². The molecule has 2 atom stereocenters. The zero-order chi connectivity index (χ0) is 9.81. The molecule has 0 aromatic heterocycles. The fourth-order valence-electron chi connectivity index (χ4n) is 5.22. The van der Waals surface area contributed by atoms with Crippen molar-refractivity contribution in [3.05, 3.63) is 0 Å². The van der Waals surface area contributed by atoms with E-state index in [1.165, 1.54) is 32.1 Å². The van der Waals surface area contributed by atoms with Gasteiger partial charge in [0.2, 0.25) is 0 Å². The van der Waals surface area contributed by atoms with Crippen LogP contribution >= 0.6 is 0 Å². The maximum atomic E-state index is 10.5. The van der Waals surface area contributed by atoms with E-state index in [1.807, 2.05) is 0 Å². The third-order valence-corrected chi connectivity index (χ3v) is 4.93. The van der Waals surface area contributed by atoms with Crippen LogP contribution in [-0.4, -0.2) is 10.7 Å². The summed E-state index contributed by atoms with van der Waals surface area (Å²) < 4.78 is 0. The van der Waals surface area contributed by atoms with Crippen molar-refractivity contribution in [3.8, 4) is 0 Å². The molecule has 14 heavy (non-hydrogen) atoms. The molecular weight excluding hydrogens is 172 g/mol. The summed E-state index contributed by atoms with van der Waals surface area (Å²) in [5.41, 5.74) is 0.326. The predicted molar refractivity (Wildman–Crippen MR) is 57.0 cm³/mol. The van der Waals surface area contributed by atoms with Gasteiger partial charge in [0.25, 0.3) is 0 Å². The molecule has 0 aromatic rings. The van der Waals surface area contributed by atoms with Crippen molar-refractivity contribution in [1.82, 2.24) is 0 Å². The quantitative estimate of drug-likeness (QED) is 0.716. The lowest BCUT2D eigenvalue weighted by atomic mass is 9.47. The molecule has 0 saturated heterocycles. The minimum atomic E-state index is -0.237. The Hall–Kier alpha value is -0.0400. The van der Waals surface area contributed by atoms with Crippen molar-refractivity contribution in [2.24, 2.45) is 17.3 Å². The first-order valence-corrected chi connectivity index (χ1v) is 6.36. The Morgan fingerprint density at radius 3 is 2.29 bits per heavy atom. The van der Waals surface area contributed by atoms with Crippen LogP contribution in [0, 0.1) is 17.3 Å². The van der Waals surface area contributed by atoms with Crippen molar-refractivity contribution in [2.45, 2.75) is 63.9 Å². The molecule has 0 amide bonds. The van der Waals surface area contributed by atoms with Crippen molar-refractivity contribution >= 4 is 0 Å². The minimum absolute atomic E-state index is 0.237. The molecule has 0 aromatic carbocycles. The van der Waals surface area contributed by atoms with Gasteiger partial charge in [-0.25, -0.2) is 0 Å². The first-order valence-electron chi connectivity index (χ1n) is 6.36. The minimum Gasteiger partial charge on any atom is -0.390 e. The lowest BCUT2D eigenvalue weighted by Crippen LogP contribution is -2.55. The molecule has 1 nitrogen and oxygen atoms in total. The molecule has 4 saturated carbocycles. The van der Waals surface area contributed by atoms with Crippen LogP contribution in [0.3, 0.4) is 0 Å². The van der Waals surface area contributed by atoms with E-state index in [2.05, 4.69) is 6.92 Å². The summed E-state index contributed by atoms with van der Waals surface area (Å²) in [7, 11) is 0. The first-order chi connectivity index (χ1) is 6.63. The summed E-state index contributed by atoms with van der Waals surface area (Å²) in [6, 6.07) is 0. The molecule has 0 unspecified atom stereocenters. The van der Waals surface area contributed by atoms with E-state index in [1.54, 1.807) is 0 Å². The van der Waals surface area contributed by atoms with Gasteiger partial charge in [0.15, 0.2) is 0 Å². The number of hydrogen-bond acceptors (Lipinski definition) is 1. The Labute approximate surface area is 86.9 Å². The molecule has 1 heteroatoms. The monoisotopic (exact) mass is 194 g/mol. The molecule has 0 heterocycles. The lowest BCUT2D eigenvalue weighted by molar-refractivity contribution is -0.165. The number of aliphatic hydroxyl groups is 1. The molecule has 4 rings (SSSR count). The fourth-order valence-corrected chi connectivity index (χ4v) is 5.22. The van der Waals surface area contributed by atoms with Gasteiger partial charge in [-0.3, -0.25) is 0 Å². The second kappa shape index (κ2) is 2.75. The molecule has 4 aliphatic carbocycles. The third kappa shape index (κ3) is 1.25. The first kappa shape index (κ1) is 9.21. The van der Waals surface area contributed by atoms with Crippen molar-refractivity contribution < 1.29 is 5.11 Å². The second-order valence-corrected chi connectivity index (χ2v) is 6.44. The van der Waals surface area contributed by atoms with E-state index in [-0.39, 0.29) is 5.60 Å². The molecule has 0 aliphatic heterocycles. The van der Waals surface area contributed by atoms with Crippen LogP contribution in [0.2, 0.25) is 0 Å². The third-order valence-electron chi connectivity index (χ3n) is 4.93. The molecule has 1 N–H and O–H groups in total. The van der Waals surface area contributed by atoms with E-state index in [9.17, 15) is 5.11 Å². The summed E-state index contributed by atoms with van der Waals surface area (Å²) in [4.78, 5) is 0. The fraction of sp³-hybridized carbons (Fsp3) is 1.00. The zero-order valence-electron chi connectivity index (χ0n) is 9.26. The van der Waals surface area contributed by atoms with Crippen LogP contribution in [0.25, 0.3) is 0 Å². The number of hydrogen-bond donors (Lipinski definition) is 1. The van der Waals surface area contributed by atoms with Crippen LogP contribution in [0.15, 0.2) is 0 Å². The summed E-state index contributed by atoms with van der Waals surface area (Å²) in [5, 5.41) is 10.5. The predicted octanol–water partition coefficient (Wildman–Crippen LogP) is 3.12. The summed E-state index contributed by atoms with van der Waals surface area (Å²) in [6.07, 6.45) is 10.3. The standard InChI is InChI=1S/C13H22O/c1-2-3-12-5-10-4-11(6-12)8-13(14,7-10)9-12/h10-11,14H,2-9H2,1H3/t10-,11-,12?,13?/m1/s1. The summed E-state index contributed by atoms with van der Waals surface area (Å²) in [6.45, 7) is 2.29. The molecular formula is C13H22O. The highest BCUT2D eigenvalue weighted by Crippen LogP contribution is 2.63. The Balaban J connectivity index is 1.89. The van der Waals surface area contributed by atoms with Gasteiger partial charge in [0.1, 0.15) is 0 Å². The van der Waals surface area contributed by atoms with Gasteiger partial charge in [-0.1, -0.05) is 13.3 Å². The van der Waals surface area contributed by atoms with E-state index in [4.69, 9.17) is 0 Å². The lowest BCUT2D eigenvalue weighted by Gasteiger charge is -2.60. The van der Waals surface area contributed by atoms with Gasteiger partial charge < -0.3 is 5.11 Å². The molecule has 4 bridgehead atoms. The average Bonchev–Trinajstić information content (AvgIpc) is 1.97. The number of rotatable bonds is 2. The van der Waals surface area contributed by atoms with Gasteiger partial charge >= 0.3 is 0 Å². The molecule has 4 fully saturated rings. The highest BCUT2D eigenvalue weighted by atomic mass is 16.3. The summed E-state index contributed by atoms with van der Waals surface area (Å²) in [5.74, 6) is 1.74. The Morgan fingerprint density at radius 2 is 1.79 bits per heavy atom.